The molecule has 2 N–H and O–H groups in total. The summed E-state index contributed by atoms with van der Waals surface area (Å²) in [4.78, 5) is 4.41. The van der Waals surface area contributed by atoms with Crippen molar-refractivity contribution in [2.24, 2.45) is 10.9 Å². The van der Waals surface area contributed by atoms with Gasteiger partial charge in [-0.1, -0.05) is 18.2 Å². The van der Waals surface area contributed by atoms with Crippen molar-refractivity contribution >= 4 is 29.9 Å². The molecule has 0 bridgehead atoms. The van der Waals surface area contributed by atoms with Crippen LogP contribution < -0.4 is 15.4 Å². The van der Waals surface area contributed by atoms with E-state index in [1.54, 1.807) is 0 Å². The zero-order valence-corrected chi connectivity index (χ0v) is 18.1. The van der Waals surface area contributed by atoms with Crippen LogP contribution in [0.3, 0.4) is 0 Å². The summed E-state index contributed by atoms with van der Waals surface area (Å²) in [5.74, 6) is 4.48. The van der Waals surface area contributed by atoms with Crippen molar-refractivity contribution in [1.82, 2.24) is 25.4 Å². The summed E-state index contributed by atoms with van der Waals surface area (Å²) < 4.78 is 7.98. The number of nitrogens with one attached hydrogen (secondary N) is 2. The van der Waals surface area contributed by atoms with Crippen molar-refractivity contribution in [3.8, 4) is 5.75 Å². The monoisotopic (exact) mass is 482 g/mol. The second-order valence-corrected chi connectivity index (χ2v) is 7.00. The number of para-hydroxylation sites is 1. The Morgan fingerprint density at radius 3 is 3.00 bits per heavy atom. The number of nitrogens with zero attached hydrogens (tertiary/aromatic N) is 4. The summed E-state index contributed by atoms with van der Waals surface area (Å²) in [6.07, 6.45) is 3.05. The second-order valence-electron chi connectivity index (χ2n) is 7.00. The highest BCUT2D eigenvalue weighted by Gasteiger charge is 2.24. The van der Waals surface area contributed by atoms with Crippen LogP contribution in [0.25, 0.3) is 0 Å². The molecule has 1 aromatic heterocycles. The minimum atomic E-state index is 0. The summed E-state index contributed by atoms with van der Waals surface area (Å²) in [5.41, 5.74) is 1.20. The first-order valence-corrected chi connectivity index (χ1v) is 9.32. The number of hydrogen-bond donors (Lipinski definition) is 2. The fourth-order valence-electron chi connectivity index (χ4n) is 3.79. The number of hydrogen-bond acceptors (Lipinski definition) is 4. The summed E-state index contributed by atoms with van der Waals surface area (Å²) >= 11 is 0. The van der Waals surface area contributed by atoms with Gasteiger partial charge in [-0.3, -0.25) is 4.99 Å². The van der Waals surface area contributed by atoms with Gasteiger partial charge in [-0.15, -0.1) is 34.2 Å². The molecule has 0 saturated carbocycles. The number of ether oxygens (including phenoxy) is 1. The molecule has 2 unspecified atom stereocenters. The molecule has 2 aromatic rings. The van der Waals surface area contributed by atoms with E-state index in [9.17, 15) is 0 Å². The number of halogens is 1. The topological polar surface area (TPSA) is 76.4 Å². The van der Waals surface area contributed by atoms with Gasteiger partial charge in [0, 0.05) is 38.5 Å². The SMILES string of the molecule is CN=C(NCC1CCc2nnc(C)n2C1)NC1CCOc2ccccc21.I. The van der Waals surface area contributed by atoms with E-state index in [2.05, 4.69) is 42.5 Å². The number of benzene rings is 1. The van der Waals surface area contributed by atoms with Crippen LogP contribution in [0.15, 0.2) is 29.3 Å². The number of aromatic nitrogens is 3. The van der Waals surface area contributed by atoms with Crippen molar-refractivity contribution < 1.29 is 4.74 Å². The van der Waals surface area contributed by atoms with E-state index >= 15 is 0 Å². The number of rotatable bonds is 3. The Kier molecular flexibility index (Phi) is 6.56. The van der Waals surface area contributed by atoms with Gasteiger partial charge in [0.25, 0.3) is 0 Å². The fraction of sp³-hybridized carbons (Fsp3) is 0.526. The van der Waals surface area contributed by atoms with Crippen LogP contribution in [-0.2, 0) is 13.0 Å². The lowest BCUT2D eigenvalue weighted by Crippen LogP contribution is -2.43. The maximum Gasteiger partial charge on any atom is 0.191 e. The molecule has 2 aliphatic rings. The summed E-state index contributed by atoms with van der Waals surface area (Å²) in [6.45, 7) is 4.61. The Morgan fingerprint density at radius 1 is 1.30 bits per heavy atom. The molecule has 0 spiro atoms. The van der Waals surface area contributed by atoms with Gasteiger partial charge in [-0.2, -0.15) is 0 Å². The van der Waals surface area contributed by atoms with Crippen molar-refractivity contribution in [2.45, 2.75) is 38.8 Å². The van der Waals surface area contributed by atoms with Gasteiger partial charge >= 0.3 is 0 Å². The fourth-order valence-corrected chi connectivity index (χ4v) is 3.79. The maximum absolute atomic E-state index is 5.75. The molecule has 0 amide bonds. The van der Waals surface area contributed by atoms with Gasteiger partial charge in [0.1, 0.15) is 17.4 Å². The van der Waals surface area contributed by atoms with Crippen LogP contribution in [0, 0.1) is 12.8 Å². The predicted octanol–water partition coefficient (Wildman–Crippen LogP) is 2.46. The third kappa shape index (κ3) is 4.36. The molecule has 8 heteroatoms. The lowest BCUT2D eigenvalue weighted by Gasteiger charge is -2.29. The Balaban J connectivity index is 0.00000210. The molecule has 27 heavy (non-hydrogen) atoms. The van der Waals surface area contributed by atoms with E-state index in [1.807, 2.05) is 26.1 Å². The Morgan fingerprint density at radius 2 is 2.15 bits per heavy atom. The molecule has 146 valence electrons. The zero-order chi connectivity index (χ0) is 17.9. The summed E-state index contributed by atoms with van der Waals surface area (Å²) in [5, 5.41) is 15.5. The highest BCUT2D eigenvalue weighted by Crippen LogP contribution is 2.31. The number of guanidine groups is 1. The van der Waals surface area contributed by atoms with E-state index in [1.165, 1.54) is 5.56 Å². The van der Waals surface area contributed by atoms with Crippen LogP contribution in [0.1, 0.15) is 36.1 Å². The molecule has 4 rings (SSSR count). The van der Waals surface area contributed by atoms with Gasteiger partial charge in [0.15, 0.2) is 5.96 Å². The van der Waals surface area contributed by atoms with Crippen molar-refractivity contribution in [1.29, 1.82) is 0 Å². The average molecular weight is 482 g/mol. The predicted molar refractivity (Wildman–Crippen MR) is 116 cm³/mol. The third-order valence-electron chi connectivity index (χ3n) is 5.28. The van der Waals surface area contributed by atoms with Crippen molar-refractivity contribution in [2.75, 3.05) is 20.2 Å². The molecular formula is C19H27IN6O. The molecule has 3 heterocycles. The maximum atomic E-state index is 5.75. The van der Waals surface area contributed by atoms with E-state index < -0.39 is 0 Å². The molecule has 2 aliphatic heterocycles. The lowest BCUT2D eigenvalue weighted by molar-refractivity contribution is 0.261. The summed E-state index contributed by atoms with van der Waals surface area (Å²) in [7, 11) is 1.82. The molecule has 0 fully saturated rings. The van der Waals surface area contributed by atoms with E-state index in [0.717, 1.165) is 62.3 Å². The Bertz CT molecular complexity index is 805. The van der Waals surface area contributed by atoms with Crippen LogP contribution in [-0.4, -0.2) is 40.9 Å². The molecule has 0 radical (unpaired) electrons. The van der Waals surface area contributed by atoms with Crippen molar-refractivity contribution in [3.05, 3.63) is 41.5 Å². The second kappa shape index (κ2) is 8.90. The lowest BCUT2D eigenvalue weighted by atomic mass is 9.99. The van der Waals surface area contributed by atoms with Crippen LogP contribution in [0.4, 0.5) is 0 Å². The van der Waals surface area contributed by atoms with E-state index in [0.29, 0.717) is 5.92 Å². The minimum Gasteiger partial charge on any atom is -0.493 e. The highest BCUT2D eigenvalue weighted by molar-refractivity contribution is 14.0. The zero-order valence-electron chi connectivity index (χ0n) is 15.8. The molecular weight excluding hydrogens is 455 g/mol. The van der Waals surface area contributed by atoms with E-state index in [4.69, 9.17) is 4.74 Å². The van der Waals surface area contributed by atoms with Gasteiger partial charge < -0.3 is 19.9 Å². The number of aliphatic imine (C=N–C) groups is 1. The first-order chi connectivity index (χ1) is 12.7. The van der Waals surface area contributed by atoms with Gasteiger partial charge in [0.2, 0.25) is 0 Å². The largest absolute Gasteiger partial charge is 0.493 e. The van der Waals surface area contributed by atoms with E-state index in [-0.39, 0.29) is 30.0 Å². The normalized spacial score (nSPS) is 21.3. The van der Waals surface area contributed by atoms with Gasteiger partial charge in [-0.25, -0.2) is 0 Å². The smallest absolute Gasteiger partial charge is 0.191 e. The Labute approximate surface area is 177 Å². The molecule has 0 saturated heterocycles. The minimum absolute atomic E-state index is 0. The quantitative estimate of drug-likeness (QED) is 0.400. The Hall–Kier alpha value is -1.84. The van der Waals surface area contributed by atoms with Crippen molar-refractivity contribution in [3.63, 3.8) is 0 Å². The molecule has 7 nitrogen and oxygen atoms in total. The summed E-state index contributed by atoms with van der Waals surface area (Å²) in [6, 6.07) is 8.44. The average Bonchev–Trinajstić information content (AvgIpc) is 3.05. The first kappa shape index (κ1) is 19.9. The van der Waals surface area contributed by atoms with Crippen LogP contribution in [0.5, 0.6) is 5.75 Å². The molecule has 1 aromatic carbocycles. The van der Waals surface area contributed by atoms with Gasteiger partial charge in [0.05, 0.1) is 12.6 Å². The highest BCUT2D eigenvalue weighted by atomic mass is 127. The number of aryl methyl sites for hydroxylation is 2. The number of fused-ring (bicyclic) bond motifs is 2. The van der Waals surface area contributed by atoms with Crippen LogP contribution >= 0.6 is 24.0 Å². The molecule has 2 atom stereocenters. The first-order valence-electron chi connectivity index (χ1n) is 9.32. The van der Waals surface area contributed by atoms with Crippen LogP contribution in [0.2, 0.25) is 0 Å². The van der Waals surface area contributed by atoms with Gasteiger partial charge in [-0.05, 0) is 25.3 Å². The third-order valence-corrected chi connectivity index (χ3v) is 5.28. The standard InChI is InChI=1S/C19H26N6O.HI/c1-13-23-24-18-8-7-14(12-25(13)18)11-21-19(20-2)22-16-9-10-26-17-6-4-3-5-15(16)17;/h3-6,14,16H,7-12H2,1-2H3,(H2,20,21,22);1H. The molecule has 0 aliphatic carbocycles.